The van der Waals surface area contributed by atoms with E-state index in [9.17, 15) is 4.79 Å². The van der Waals surface area contributed by atoms with Gasteiger partial charge < -0.3 is 9.47 Å². The minimum atomic E-state index is -0.200. The van der Waals surface area contributed by atoms with Crippen LogP contribution in [0.25, 0.3) is 0 Å². The molecule has 1 aromatic rings. The van der Waals surface area contributed by atoms with Crippen molar-refractivity contribution >= 4 is 5.97 Å². The van der Waals surface area contributed by atoms with Gasteiger partial charge in [0.2, 0.25) is 0 Å². The van der Waals surface area contributed by atoms with Crippen LogP contribution in [-0.2, 0) is 9.53 Å². The number of ether oxygens (including phenoxy) is 2. The van der Waals surface area contributed by atoms with Crippen molar-refractivity contribution in [3.63, 3.8) is 0 Å². The van der Waals surface area contributed by atoms with Crippen molar-refractivity contribution < 1.29 is 14.3 Å². The molecule has 0 aromatic heterocycles. The van der Waals surface area contributed by atoms with E-state index in [-0.39, 0.29) is 12.0 Å². The number of nitrogens with zero attached hydrogens (tertiary/aromatic N) is 1. The van der Waals surface area contributed by atoms with Gasteiger partial charge in [0.25, 0.3) is 0 Å². The van der Waals surface area contributed by atoms with Gasteiger partial charge in [-0.2, -0.15) is 0 Å². The molecule has 1 fully saturated rings. The van der Waals surface area contributed by atoms with Gasteiger partial charge >= 0.3 is 5.97 Å². The standard InChI is InChI=1S/C20H31NO3/c1-6-18(21-10-12-23-13-11-21)20(22)24-19-16(14(2)3)8-7-9-17(19)15(4)5/h7-9,14-15,18H,6,10-13H2,1-5H3. The average molecular weight is 333 g/mol. The number of benzene rings is 1. The van der Waals surface area contributed by atoms with Gasteiger partial charge in [-0.25, -0.2) is 4.79 Å². The molecule has 1 aliphatic heterocycles. The third-order valence-corrected chi connectivity index (χ3v) is 4.67. The van der Waals surface area contributed by atoms with Gasteiger partial charge in [0, 0.05) is 13.1 Å². The van der Waals surface area contributed by atoms with E-state index >= 15 is 0 Å². The van der Waals surface area contributed by atoms with Crippen molar-refractivity contribution in [2.24, 2.45) is 0 Å². The highest BCUT2D eigenvalue weighted by molar-refractivity contribution is 5.79. The highest BCUT2D eigenvalue weighted by atomic mass is 16.5. The predicted octanol–water partition coefficient (Wildman–Crippen LogP) is 3.95. The van der Waals surface area contributed by atoms with Crippen LogP contribution in [-0.4, -0.2) is 43.2 Å². The SMILES string of the molecule is CCC(C(=O)Oc1c(C(C)C)cccc1C(C)C)N1CCOCC1. The predicted molar refractivity (Wildman–Crippen MR) is 96.7 cm³/mol. The molecule has 1 aliphatic rings. The Morgan fingerprint density at radius 1 is 1.12 bits per heavy atom. The van der Waals surface area contributed by atoms with Crippen molar-refractivity contribution in [1.82, 2.24) is 4.90 Å². The molecule has 4 heteroatoms. The third-order valence-electron chi connectivity index (χ3n) is 4.67. The van der Waals surface area contributed by atoms with E-state index in [4.69, 9.17) is 9.47 Å². The zero-order valence-electron chi connectivity index (χ0n) is 15.7. The van der Waals surface area contributed by atoms with Crippen molar-refractivity contribution in [2.45, 2.75) is 58.9 Å². The van der Waals surface area contributed by atoms with Gasteiger partial charge in [0.15, 0.2) is 0 Å². The summed E-state index contributed by atoms with van der Waals surface area (Å²) in [5, 5.41) is 0. The van der Waals surface area contributed by atoms with Gasteiger partial charge in [-0.05, 0) is 29.4 Å². The fourth-order valence-electron chi connectivity index (χ4n) is 3.23. The zero-order valence-corrected chi connectivity index (χ0v) is 15.7. The molecule has 0 radical (unpaired) electrons. The summed E-state index contributed by atoms with van der Waals surface area (Å²) in [6, 6.07) is 5.99. The largest absolute Gasteiger partial charge is 0.425 e. The van der Waals surface area contributed by atoms with Crippen LogP contribution in [0.2, 0.25) is 0 Å². The van der Waals surface area contributed by atoms with Gasteiger partial charge in [-0.15, -0.1) is 0 Å². The van der Waals surface area contributed by atoms with E-state index in [0.29, 0.717) is 25.0 Å². The first-order valence-corrected chi connectivity index (χ1v) is 9.12. The Labute approximate surface area is 146 Å². The van der Waals surface area contributed by atoms with Crippen LogP contribution in [0.15, 0.2) is 18.2 Å². The van der Waals surface area contributed by atoms with Gasteiger partial charge in [-0.1, -0.05) is 52.8 Å². The summed E-state index contributed by atoms with van der Waals surface area (Å²) in [7, 11) is 0. The Bertz CT molecular complexity index is 522. The summed E-state index contributed by atoms with van der Waals surface area (Å²) in [6.45, 7) is 13.5. The molecule has 134 valence electrons. The van der Waals surface area contributed by atoms with Crippen LogP contribution in [0, 0.1) is 0 Å². The number of morpholine rings is 1. The first-order valence-electron chi connectivity index (χ1n) is 9.12. The average Bonchev–Trinajstić information content (AvgIpc) is 2.56. The van der Waals surface area contributed by atoms with Crippen LogP contribution >= 0.6 is 0 Å². The number of hydrogen-bond donors (Lipinski definition) is 0. The van der Waals surface area contributed by atoms with E-state index in [1.807, 2.05) is 6.92 Å². The third kappa shape index (κ3) is 4.37. The maximum absolute atomic E-state index is 12.9. The summed E-state index contributed by atoms with van der Waals surface area (Å²) in [5.74, 6) is 1.25. The Hall–Kier alpha value is -1.39. The zero-order chi connectivity index (χ0) is 17.7. The molecule has 24 heavy (non-hydrogen) atoms. The second kappa shape index (κ2) is 8.63. The normalized spacial score (nSPS) is 17.3. The smallest absolute Gasteiger partial charge is 0.328 e. The minimum Gasteiger partial charge on any atom is -0.425 e. The molecule has 0 amide bonds. The van der Waals surface area contributed by atoms with Crippen molar-refractivity contribution in [3.8, 4) is 5.75 Å². The number of carbonyl (C=O) groups excluding carboxylic acids is 1. The Morgan fingerprint density at radius 2 is 1.67 bits per heavy atom. The molecule has 1 atom stereocenters. The summed E-state index contributed by atoms with van der Waals surface area (Å²) < 4.78 is 11.4. The number of carbonyl (C=O) groups is 1. The first-order chi connectivity index (χ1) is 11.5. The van der Waals surface area contributed by atoms with E-state index < -0.39 is 0 Å². The molecule has 1 aromatic carbocycles. The fourth-order valence-corrected chi connectivity index (χ4v) is 3.23. The summed E-state index contributed by atoms with van der Waals surface area (Å²) in [6.07, 6.45) is 0.750. The molecular weight excluding hydrogens is 302 g/mol. The lowest BCUT2D eigenvalue weighted by Gasteiger charge is -2.32. The molecule has 4 nitrogen and oxygen atoms in total. The Morgan fingerprint density at radius 3 is 2.12 bits per heavy atom. The molecule has 0 bridgehead atoms. The summed E-state index contributed by atoms with van der Waals surface area (Å²) in [4.78, 5) is 15.1. The molecular formula is C20H31NO3. The van der Waals surface area contributed by atoms with Crippen LogP contribution in [0.5, 0.6) is 5.75 Å². The molecule has 0 aliphatic carbocycles. The second-order valence-electron chi connectivity index (χ2n) is 7.07. The molecule has 1 unspecified atom stereocenters. The highest BCUT2D eigenvalue weighted by Gasteiger charge is 2.29. The maximum Gasteiger partial charge on any atom is 0.328 e. The van der Waals surface area contributed by atoms with E-state index in [1.165, 1.54) is 0 Å². The maximum atomic E-state index is 12.9. The number of rotatable bonds is 6. The quantitative estimate of drug-likeness (QED) is 0.584. The van der Waals surface area contributed by atoms with Gasteiger partial charge in [0.05, 0.1) is 13.2 Å². The van der Waals surface area contributed by atoms with E-state index in [0.717, 1.165) is 36.4 Å². The molecule has 1 saturated heterocycles. The van der Waals surface area contributed by atoms with Crippen molar-refractivity contribution in [3.05, 3.63) is 29.3 Å². The first kappa shape index (κ1) is 18.9. The van der Waals surface area contributed by atoms with E-state index in [1.54, 1.807) is 0 Å². The summed E-state index contributed by atoms with van der Waals surface area (Å²) in [5.41, 5.74) is 2.21. The highest BCUT2D eigenvalue weighted by Crippen LogP contribution is 2.35. The fraction of sp³-hybridized carbons (Fsp3) is 0.650. The molecule has 1 heterocycles. The van der Waals surface area contributed by atoms with Gasteiger partial charge in [0.1, 0.15) is 11.8 Å². The lowest BCUT2D eigenvalue weighted by molar-refractivity contribution is -0.142. The van der Waals surface area contributed by atoms with Crippen molar-refractivity contribution in [1.29, 1.82) is 0 Å². The Balaban J connectivity index is 2.26. The molecule has 0 N–H and O–H groups in total. The van der Waals surface area contributed by atoms with Gasteiger partial charge in [-0.3, -0.25) is 4.90 Å². The number of esters is 1. The van der Waals surface area contributed by atoms with Crippen LogP contribution < -0.4 is 4.74 Å². The van der Waals surface area contributed by atoms with Crippen LogP contribution in [0.3, 0.4) is 0 Å². The number of para-hydroxylation sites is 1. The lowest BCUT2D eigenvalue weighted by Crippen LogP contribution is -2.48. The van der Waals surface area contributed by atoms with Crippen molar-refractivity contribution in [2.75, 3.05) is 26.3 Å². The van der Waals surface area contributed by atoms with Crippen LogP contribution in [0.1, 0.15) is 64.0 Å². The lowest BCUT2D eigenvalue weighted by atomic mass is 9.94. The molecule has 0 spiro atoms. The molecule has 2 rings (SSSR count). The number of hydrogen-bond acceptors (Lipinski definition) is 4. The topological polar surface area (TPSA) is 38.8 Å². The van der Waals surface area contributed by atoms with E-state index in [2.05, 4.69) is 50.8 Å². The molecule has 0 saturated carbocycles. The minimum absolute atomic E-state index is 0.144. The monoisotopic (exact) mass is 333 g/mol. The Kier molecular flexibility index (Phi) is 6.81. The van der Waals surface area contributed by atoms with Crippen LogP contribution in [0.4, 0.5) is 0 Å². The summed E-state index contributed by atoms with van der Waals surface area (Å²) >= 11 is 0. The second-order valence-corrected chi connectivity index (χ2v) is 7.07.